The van der Waals surface area contributed by atoms with Crippen molar-refractivity contribution in [2.45, 2.75) is 12.5 Å². The number of fused-ring (bicyclic) bond motifs is 1. The van der Waals surface area contributed by atoms with Gasteiger partial charge in [0.25, 0.3) is 0 Å². The Kier molecular flexibility index (Phi) is 2.70. The van der Waals surface area contributed by atoms with Crippen LogP contribution in [0.2, 0.25) is 0 Å². The van der Waals surface area contributed by atoms with Crippen LogP contribution in [0.25, 0.3) is 10.9 Å². The highest BCUT2D eigenvalue weighted by Gasteiger charge is 2.14. The van der Waals surface area contributed by atoms with Crippen molar-refractivity contribution >= 4 is 10.9 Å². The number of nitrogens with zero attached hydrogens (tertiary/aromatic N) is 2. The van der Waals surface area contributed by atoms with Crippen LogP contribution in [0, 0.1) is 0 Å². The van der Waals surface area contributed by atoms with Gasteiger partial charge in [0, 0.05) is 19.0 Å². The van der Waals surface area contributed by atoms with E-state index in [2.05, 4.69) is 5.10 Å². The van der Waals surface area contributed by atoms with Crippen molar-refractivity contribution in [2.24, 2.45) is 12.8 Å². The molecular formula is C11H15N3O. The van der Waals surface area contributed by atoms with E-state index < -0.39 is 0 Å². The van der Waals surface area contributed by atoms with Crippen molar-refractivity contribution in [1.29, 1.82) is 0 Å². The summed E-state index contributed by atoms with van der Waals surface area (Å²) in [7, 11) is 1.90. The first-order chi connectivity index (χ1) is 7.24. The average Bonchev–Trinajstić information content (AvgIpc) is 2.58. The van der Waals surface area contributed by atoms with Gasteiger partial charge in [-0.3, -0.25) is 4.68 Å². The molecule has 0 radical (unpaired) electrons. The number of para-hydroxylation sites is 1. The lowest BCUT2D eigenvalue weighted by molar-refractivity contribution is 0.275. The second-order valence-electron chi connectivity index (χ2n) is 3.64. The zero-order chi connectivity index (χ0) is 10.8. The normalized spacial score (nSPS) is 13.3. The molecule has 0 spiro atoms. The molecule has 3 N–H and O–H groups in total. The summed E-state index contributed by atoms with van der Waals surface area (Å²) < 4.78 is 1.82. The van der Waals surface area contributed by atoms with E-state index in [1.165, 1.54) is 0 Å². The Hall–Kier alpha value is -1.39. The minimum absolute atomic E-state index is 0.0894. The first-order valence-electron chi connectivity index (χ1n) is 5.02. The fourth-order valence-electron chi connectivity index (χ4n) is 1.79. The van der Waals surface area contributed by atoms with Gasteiger partial charge in [-0.2, -0.15) is 5.10 Å². The summed E-state index contributed by atoms with van der Waals surface area (Å²) in [6, 6.07) is 7.78. The van der Waals surface area contributed by atoms with Gasteiger partial charge in [-0.15, -0.1) is 0 Å². The number of aliphatic hydroxyl groups excluding tert-OH is 1. The Morgan fingerprint density at radius 3 is 2.93 bits per heavy atom. The maximum absolute atomic E-state index is 8.86. The molecule has 0 saturated heterocycles. The lowest BCUT2D eigenvalue weighted by Gasteiger charge is -2.06. The summed E-state index contributed by atoms with van der Waals surface area (Å²) in [5, 5.41) is 14.3. The lowest BCUT2D eigenvalue weighted by Crippen LogP contribution is -2.13. The molecule has 80 valence electrons. The zero-order valence-corrected chi connectivity index (χ0v) is 8.72. The Morgan fingerprint density at radius 1 is 1.47 bits per heavy atom. The van der Waals surface area contributed by atoms with Gasteiger partial charge < -0.3 is 10.8 Å². The smallest absolute Gasteiger partial charge is 0.0871 e. The summed E-state index contributed by atoms with van der Waals surface area (Å²) in [5.41, 5.74) is 7.88. The fourth-order valence-corrected chi connectivity index (χ4v) is 1.79. The van der Waals surface area contributed by atoms with Gasteiger partial charge in [0.2, 0.25) is 0 Å². The maximum atomic E-state index is 8.86. The van der Waals surface area contributed by atoms with Crippen LogP contribution in [0.1, 0.15) is 18.2 Å². The van der Waals surface area contributed by atoms with Gasteiger partial charge >= 0.3 is 0 Å². The van der Waals surface area contributed by atoms with Gasteiger partial charge in [-0.05, 0) is 12.5 Å². The van der Waals surface area contributed by atoms with Crippen LogP contribution in [0.3, 0.4) is 0 Å². The van der Waals surface area contributed by atoms with E-state index in [-0.39, 0.29) is 12.6 Å². The van der Waals surface area contributed by atoms with E-state index in [0.29, 0.717) is 6.42 Å². The van der Waals surface area contributed by atoms with E-state index >= 15 is 0 Å². The highest BCUT2D eigenvalue weighted by atomic mass is 16.3. The number of hydrogen-bond acceptors (Lipinski definition) is 3. The van der Waals surface area contributed by atoms with Crippen LogP contribution in [0.4, 0.5) is 0 Å². The zero-order valence-electron chi connectivity index (χ0n) is 8.72. The molecule has 0 saturated carbocycles. The molecule has 1 heterocycles. The molecule has 1 unspecified atom stereocenters. The third-order valence-electron chi connectivity index (χ3n) is 2.58. The third-order valence-corrected chi connectivity index (χ3v) is 2.58. The van der Waals surface area contributed by atoms with E-state index in [1.54, 1.807) is 0 Å². The molecule has 4 heteroatoms. The molecular weight excluding hydrogens is 190 g/mol. The number of nitrogens with two attached hydrogens (primary N) is 1. The second-order valence-corrected chi connectivity index (χ2v) is 3.64. The van der Waals surface area contributed by atoms with Crippen molar-refractivity contribution in [3.63, 3.8) is 0 Å². The predicted molar refractivity (Wildman–Crippen MR) is 59.3 cm³/mol. The second kappa shape index (κ2) is 4.00. The van der Waals surface area contributed by atoms with E-state index in [0.717, 1.165) is 16.6 Å². The SMILES string of the molecule is Cn1nc(C(N)CCO)c2ccccc21. The van der Waals surface area contributed by atoms with Crippen molar-refractivity contribution in [1.82, 2.24) is 9.78 Å². The topological polar surface area (TPSA) is 64.1 Å². The molecule has 0 amide bonds. The number of aromatic nitrogens is 2. The van der Waals surface area contributed by atoms with Crippen molar-refractivity contribution < 1.29 is 5.11 Å². The molecule has 15 heavy (non-hydrogen) atoms. The largest absolute Gasteiger partial charge is 0.396 e. The van der Waals surface area contributed by atoms with E-state index in [9.17, 15) is 0 Å². The van der Waals surface area contributed by atoms with Crippen LogP contribution in [-0.2, 0) is 7.05 Å². The van der Waals surface area contributed by atoms with Crippen molar-refractivity contribution in [2.75, 3.05) is 6.61 Å². The summed E-state index contributed by atoms with van der Waals surface area (Å²) in [5.74, 6) is 0. The summed E-state index contributed by atoms with van der Waals surface area (Å²) in [4.78, 5) is 0. The molecule has 0 bridgehead atoms. The highest BCUT2D eigenvalue weighted by Crippen LogP contribution is 2.23. The van der Waals surface area contributed by atoms with Gasteiger partial charge in [0.1, 0.15) is 0 Å². The van der Waals surface area contributed by atoms with Gasteiger partial charge in [0.15, 0.2) is 0 Å². The van der Waals surface area contributed by atoms with E-state index in [4.69, 9.17) is 10.8 Å². The Balaban J connectivity index is 2.52. The number of aryl methyl sites for hydroxylation is 1. The molecule has 4 nitrogen and oxygen atoms in total. The number of hydrogen-bond donors (Lipinski definition) is 2. The van der Waals surface area contributed by atoms with Crippen LogP contribution in [0.15, 0.2) is 24.3 Å². The highest BCUT2D eigenvalue weighted by molar-refractivity contribution is 5.82. The Labute approximate surface area is 88.3 Å². The quantitative estimate of drug-likeness (QED) is 0.784. The molecule has 1 aromatic carbocycles. The molecule has 2 aromatic rings. The molecule has 0 aliphatic carbocycles. The monoisotopic (exact) mass is 205 g/mol. The Morgan fingerprint density at radius 2 is 2.20 bits per heavy atom. The van der Waals surface area contributed by atoms with Crippen molar-refractivity contribution in [3.8, 4) is 0 Å². The van der Waals surface area contributed by atoms with E-state index in [1.807, 2.05) is 36.0 Å². The van der Waals surface area contributed by atoms with Crippen LogP contribution in [-0.4, -0.2) is 21.5 Å². The standard InChI is InChI=1S/C11H15N3O/c1-14-10-5-3-2-4-8(10)11(13-14)9(12)6-7-15/h2-5,9,15H,6-7,12H2,1H3. The first-order valence-corrected chi connectivity index (χ1v) is 5.02. The molecule has 1 atom stereocenters. The lowest BCUT2D eigenvalue weighted by atomic mass is 10.1. The molecule has 0 aliphatic rings. The number of aliphatic hydroxyl groups is 1. The third kappa shape index (κ3) is 1.73. The molecule has 0 aliphatic heterocycles. The molecule has 0 fully saturated rings. The maximum Gasteiger partial charge on any atom is 0.0871 e. The Bertz CT molecular complexity index is 464. The summed E-state index contributed by atoms with van der Waals surface area (Å²) in [6.07, 6.45) is 0.543. The minimum Gasteiger partial charge on any atom is -0.396 e. The number of benzene rings is 1. The van der Waals surface area contributed by atoms with Crippen LogP contribution in [0.5, 0.6) is 0 Å². The summed E-state index contributed by atoms with van der Waals surface area (Å²) >= 11 is 0. The number of rotatable bonds is 3. The minimum atomic E-state index is -0.193. The molecule has 1 aromatic heterocycles. The summed E-state index contributed by atoms with van der Waals surface area (Å²) in [6.45, 7) is 0.0894. The van der Waals surface area contributed by atoms with Crippen molar-refractivity contribution in [3.05, 3.63) is 30.0 Å². The van der Waals surface area contributed by atoms with Gasteiger partial charge in [-0.1, -0.05) is 18.2 Å². The molecule has 2 rings (SSSR count). The van der Waals surface area contributed by atoms with Gasteiger partial charge in [0.05, 0.1) is 17.3 Å². The van der Waals surface area contributed by atoms with Crippen LogP contribution < -0.4 is 5.73 Å². The first kappa shape index (κ1) is 10.1. The van der Waals surface area contributed by atoms with Crippen LogP contribution >= 0.6 is 0 Å². The van der Waals surface area contributed by atoms with Gasteiger partial charge in [-0.25, -0.2) is 0 Å². The fraction of sp³-hybridized carbons (Fsp3) is 0.364. The average molecular weight is 205 g/mol. The predicted octanol–water partition coefficient (Wildman–Crippen LogP) is 0.956.